The Morgan fingerprint density at radius 3 is 2.00 bits per heavy atom. The molecule has 0 aliphatic rings. The molecule has 0 heterocycles. The Balaban J connectivity index is 2.52. The molecule has 4 nitrogen and oxygen atoms in total. The normalized spacial score (nSPS) is 11.8. The molecule has 1 amide bonds. The van der Waals surface area contributed by atoms with Gasteiger partial charge in [-0.15, -0.1) is 0 Å². The first-order valence-corrected chi connectivity index (χ1v) is 10.7. The first-order valence-electron chi connectivity index (χ1n) is 8.46. The second-order valence-electron chi connectivity index (χ2n) is 6.99. The topological polar surface area (TPSA) is 63.2 Å². The van der Waals surface area contributed by atoms with Crippen LogP contribution in [0.3, 0.4) is 0 Å². The summed E-state index contributed by atoms with van der Waals surface area (Å²) in [5.74, 6) is 0.0270. The summed E-state index contributed by atoms with van der Waals surface area (Å²) in [5, 5.41) is 3.17. The predicted molar refractivity (Wildman–Crippen MR) is 107 cm³/mol. The zero-order valence-corrected chi connectivity index (χ0v) is 17.2. The minimum Gasteiger partial charge on any atom is -0.321 e. The molecule has 0 aliphatic carbocycles. The summed E-state index contributed by atoms with van der Waals surface area (Å²) in [4.78, 5) is 12.9. The lowest BCUT2D eigenvalue weighted by Crippen LogP contribution is -2.17. The van der Waals surface area contributed by atoms with Gasteiger partial charge in [-0.1, -0.05) is 57.5 Å². The zero-order chi connectivity index (χ0) is 19.6. The maximum absolute atomic E-state index is 12.9. The predicted octanol–water partition coefficient (Wildman–Crippen LogP) is 5.24. The highest BCUT2D eigenvalue weighted by molar-refractivity contribution is 7.90. The third kappa shape index (κ3) is 4.46. The van der Waals surface area contributed by atoms with Crippen LogP contribution in [0.15, 0.2) is 41.3 Å². The molecule has 0 fully saturated rings. The zero-order valence-electron chi connectivity index (χ0n) is 15.6. The van der Waals surface area contributed by atoms with Crippen molar-refractivity contribution < 1.29 is 13.2 Å². The number of halogens is 1. The van der Waals surface area contributed by atoms with Crippen LogP contribution in [0.5, 0.6) is 0 Å². The number of nitrogens with one attached hydrogen (secondary N) is 1. The summed E-state index contributed by atoms with van der Waals surface area (Å²) in [5.41, 5.74) is 2.96. The van der Waals surface area contributed by atoms with E-state index in [4.69, 9.17) is 11.6 Å². The molecule has 140 valence electrons. The van der Waals surface area contributed by atoms with Gasteiger partial charge in [-0.2, -0.15) is 0 Å². The van der Waals surface area contributed by atoms with Gasteiger partial charge in [-0.25, -0.2) is 8.42 Å². The first-order chi connectivity index (χ1) is 12.0. The Labute approximate surface area is 160 Å². The largest absolute Gasteiger partial charge is 0.321 e. The van der Waals surface area contributed by atoms with Crippen LogP contribution in [0.2, 0.25) is 5.02 Å². The van der Waals surface area contributed by atoms with E-state index in [2.05, 4.69) is 33.0 Å². The van der Waals surface area contributed by atoms with Crippen LogP contribution in [-0.2, 0) is 9.84 Å². The third-order valence-electron chi connectivity index (χ3n) is 4.22. The van der Waals surface area contributed by atoms with E-state index in [-0.39, 0.29) is 27.3 Å². The Kier molecular flexibility index (Phi) is 6.14. The van der Waals surface area contributed by atoms with Crippen molar-refractivity contribution in [3.05, 3.63) is 58.1 Å². The molecule has 0 saturated heterocycles. The first kappa shape index (κ1) is 20.5. The molecule has 0 saturated carbocycles. The van der Waals surface area contributed by atoms with Crippen molar-refractivity contribution in [1.82, 2.24) is 0 Å². The minimum atomic E-state index is -3.43. The van der Waals surface area contributed by atoms with Crippen LogP contribution < -0.4 is 5.32 Å². The molecule has 0 aliphatic heterocycles. The van der Waals surface area contributed by atoms with E-state index in [1.165, 1.54) is 18.2 Å². The van der Waals surface area contributed by atoms with E-state index in [0.29, 0.717) is 0 Å². The summed E-state index contributed by atoms with van der Waals surface area (Å²) in [7, 11) is -3.43. The van der Waals surface area contributed by atoms with Gasteiger partial charge in [0.25, 0.3) is 5.91 Å². The quantitative estimate of drug-likeness (QED) is 0.755. The van der Waals surface area contributed by atoms with Gasteiger partial charge in [0.1, 0.15) is 0 Å². The maximum Gasteiger partial charge on any atom is 0.257 e. The molecule has 2 aromatic carbocycles. The van der Waals surface area contributed by atoms with Crippen LogP contribution >= 0.6 is 11.6 Å². The summed E-state index contributed by atoms with van der Waals surface area (Å²) >= 11 is 6.16. The van der Waals surface area contributed by atoms with E-state index in [9.17, 15) is 13.2 Å². The second kappa shape index (κ2) is 7.80. The van der Waals surface area contributed by atoms with Gasteiger partial charge in [0.15, 0.2) is 9.84 Å². The summed E-state index contributed by atoms with van der Waals surface area (Å²) in [6, 6.07) is 10.1. The fraction of sp³-hybridized carbons (Fsp3) is 0.350. The summed E-state index contributed by atoms with van der Waals surface area (Å²) < 4.78 is 23.6. The average Bonchev–Trinajstić information content (AvgIpc) is 2.53. The molecule has 0 atom stereocenters. The van der Waals surface area contributed by atoms with Crippen LogP contribution in [0.25, 0.3) is 0 Å². The molecule has 2 rings (SSSR count). The SMILES string of the molecule is CC(C)c1cccc(C(C)C)c1NC(=O)c1cc(S(C)(=O)=O)ccc1Cl. The Bertz CT molecular complexity index is 908. The maximum atomic E-state index is 12.9. The number of hydrogen-bond donors (Lipinski definition) is 1. The van der Waals surface area contributed by atoms with E-state index < -0.39 is 15.7 Å². The van der Waals surface area contributed by atoms with Gasteiger partial charge in [0.2, 0.25) is 0 Å². The number of sulfone groups is 1. The number of amides is 1. The van der Waals surface area contributed by atoms with Crippen LogP contribution in [0.1, 0.15) is 61.0 Å². The number of benzene rings is 2. The molecular weight excluding hydrogens is 370 g/mol. The van der Waals surface area contributed by atoms with E-state index >= 15 is 0 Å². The second-order valence-corrected chi connectivity index (χ2v) is 9.41. The highest BCUT2D eigenvalue weighted by Gasteiger charge is 2.20. The van der Waals surface area contributed by atoms with Gasteiger partial charge in [0.05, 0.1) is 15.5 Å². The molecule has 0 spiro atoms. The third-order valence-corrected chi connectivity index (χ3v) is 5.66. The number of para-hydroxylation sites is 1. The Morgan fingerprint density at radius 1 is 1.00 bits per heavy atom. The lowest BCUT2D eigenvalue weighted by Gasteiger charge is -2.20. The lowest BCUT2D eigenvalue weighted by atomic mass is 9.92. The average molecular weight is 394 g/mol. The highest BCUT2D eigenvalue weighted by Crippen LogP contribution is 2.33. The molecule has 0 aromatic heterocycles. The van der Waals surface area contributed by atoms with E-state index in [1.54, 1.807) is 0 Å². The van der Waals surface area contributed by atoms with Crippen molar-refractivity contribution in [2.24, 2.45) is 0 Å². The number of carbonyl (C=O) groups is 1. The molecule has 6 heteroatoms. The molecule has 2 aromatic rings. The van der Waals surface area contributed by atoms with Gasteiger partial charge >= 0.3 is 0 Å². The van der Waals surface area contributed by atoms with Crippen molar-refractivity contribution in [1.29, 1.82) is 0 Å². The van der Waals surface area contributed by atoms with Gasteiger partial charge in [0, 0.05) is 11.9 Å². The van der Waals surface area contributed by atoms with Crippen molar-refractivity contribution in [2.45, 2.75) is 44.4 Å². The van der Waals surface area contributed by atoms with E-state index in [1.807, 2.05) is 18.2 Å². The van der Waals surface area contributed by atoms with E-state index in [0.717, 1.165) is 23.1 Å². The number of carbonyl (C=O) groups excluding carboxylic acids is 1. The monoisotopic (exact) mass is 393 g/mol. The minimum absolute atomic E-state index is 0.0632. The standard InChI is InChI=1S/C20H24ClNO3S/c1-12(2)15-7-6-8-16(13(3)4)19(15)22-20(23)17-11-14(26(5,24)25)9-10-18(17)21/h6-13H,1-5H3,(H,22,23). The highest BCUT2D eigenvalue weighted by atomic mass is 35.5. The van der Waals surface area contributed by atoms with Crippen LogP contribution in [-0.4, -0.2) is 20.6 Å². The van der Waals surface area contributed by atoms with Gasteiger partial charge < -0.3 is 5.32 Å². The number of hydrogen-bond acceptors (Lipinski definition) is 3. The molecule has 26 heavy (non-hydrogen) atoms. The van der Waals surface area contributed by atoms with Crippen molar-refractivity contribution in [3.63, 3.8) is 0 Å². The van der Waals surface area contributed by atoms with Gasteiger partial charge in [-0.3, -0.25) is 4.79 Å². The molecule has 0 bridgehead atoms. The number of anilines is 1. The molecule has 0 unspecified atom stereocenters. The summed E-state index contributed by atoms with van der Waals surface area (Å²) in [6.45, 7) is 8.25. The fourth-order valence-electron chi connectivity index (χ4n) is 2.79. The fourth-order valence-corrected chi connectivity index (χ4v) is 3.64. The van der Waals surface area contributed by atoms with Crippen LogP contribution in [0, 0.1) is 0 Å². The van der Waals surface area contributed by atoms with Crippen molar-refractivity contribution >= 4 is 33.0 Å². The van der Waals surface area contributed by atoms with Crippen molar-refractivity contribution in [3.8, 4) is 0 Å². The lowest BCUT2D eigenvalue weighted by molar-refractivity contribution is 0.102. The molecular formula is C20H24ClNO3S. The molecule has 1 N–H and O–H groups in total. The van der Waals surface area contributed by atoms with Gasteiger partial charge in [-0.05, 0) is 41.2 Å². The Hall–Kier alpha value is -1.85. The molecule has 0 radical (unpaired) electrons. The van der Waals surface area contributed by atoms with Crippen LogP contribution in [0.4, 0.5) is 5.69 Å². The number of rotatable bonds is 5. The summed E-state index contributed by atoms with van der Waals surface area (Å²) in [6.07, 6.45) is 1.10. The Morgan fingerprint density at radius 2 is 1.54 bits per heavy atom. The van der Waals surface area contributed by atoms with Crippen molar-refractivity contribution in [2.75, 3.05) is 11.6 Å². The smallest absolute Gasteiger partial charge is 0.257 e.